The molecule has 0 aliphatic carbocycles. The Kier molecular flexibility index (Phi) is 3.24. The molecule has 0 aliphatic heterocycles. The van der Waals surface area contributed by atoms with Crippen molar-refractivity contribution in [3.8, 4) is 11.8 Å². The molecule has 15 heavy (non-hydrogen) atoms. The average molecular weight is 206 g/mol. The van der Waals surface area contributed by atoms with Crippen LogP contribution in [0, 0.1) is 21.4 Å². The van der Waals surface area contributed by atoms with Gasteiger partial charge in [0.2, 0.25) is 0 Å². The molecule has 0 heterocycles. The molecule has 0 N–H and O–H groups in total. The molecule has 0 aliphatic rings. The third kappa shape index (κ3) is 2.44. The second kappa shape index (κ2) is 4.42. The zero-order valence-corrected chi connectivity index (χ0v) is 8.43. The minimum absolute atomic E-state index is 0.0313. The Hall–Kier alpha value is -2.09. The SMILES string of the molecule is CC(C)Oc1cccc([N+](=O)[O-])c1C#N. The predicted octanol–water partition coefficient (Wildman–Crippen LogP) is 2.25. The highest BCUT2D eigenvalue weighted by Crippen LogP contribution is 2.27. The molecule has 0 aromatic heterocycles. The lowest BCUT2D eigenvalue weighted by atomic mass is 10.2. The summed E-state index contributed by atoms with van der Waals surface area (Å²) in [6, 6.07) is 6.11. The first-order valence-corrected chi connectivity index (χ1v) is 4.40. The van der Waals surface area contributed by atoms with Gasteiger partial charge in [0, 0.05) is 6.07 Å². The van der Waals surface area contributed by atoms with E-state index in [9.17, 15) is 10.1 Å². The van der Waals surface area contributed by atoms with Gasteiger partial charge in [0.25, 0.3) is 5.69 Å². The van der Waals surface area contributed by atoms with Crippen LogP contribution < -0.4 is 4.74 Å². The van der Waals surface area contributed by atoms with Crippen LogP contribution in [0.3, 0.4) is 0 Å². The zero-order chi connectivity index (χ0) is 11.4. The largest absolute Gasteiger partial charge is 0.489 e. The summed E-state index contributed by atoms with van der Waals surface area (Å²) in [6.45, 7) is 3.58. The number of nitriles is 1. The maximum atomic E-state index is 10.6. The van der Waals surface area contributed by atoms with Crippen molar-refractivity contribution in [2.45, 2.75) is 20.0 Å². The Balaban J connectivity index is 3.24. The second-order valence-electron chi connectivity index (χ2n) is 3.19. The van der Waals surface area contributed by atoms with E-state index >= 15 is 0 Å². The second-order valence-corrected chi connectivity index (χ2v) is 3.19. The van der Waals surface area contributed by atoms with Crippen LogP contribution in [0.5, 0.6) is 5.75 Å². The Morgan fingerprint density at radius 3 is 2.67 bits per heavy atom. The maximum absolute atomic E-state index is 10.6. The van der Waals surface area contributed by atoms with Gasteiger partial charge in [-0.2, -0.15) is 5.26 Å². The summed E-state index contributed by atoms with van der Waals surface area (Å²) >= 11 is 0. The van der Waals surface area contributed by atoms with Crippen molar-refractivity contribution in [1.29, 1.82) is 5.26 Å². The van der Waals surface area contributed by atoms with Crippen molar-refractivity contribution in [2.24, 2.45) is 0 Å². The van der Waals surface area contributed by atoms with Gasteiger partial charge in [0.15, 0.2) is 5.56 Å². The Bertz CT molecular complexity index is 421. The summed E-state index contributed by atoms with van der Waals surface area (Å²) in [4.78, 5) is 10.0. The van der Waals surface area contributed by atoms with Gasteiger partial charge >= 0.3 is 0 Å². The van der Waals surface area contributed by atoms with Crippen LogP contribution in [-0.4, -0.2) is 11.0 Å². The number of ether oxygens (including phenoxy) is 1. The van der Waals surface area contributed by atoms with Crippen LogP contribution in [0.4, 0.5) is 5.69 Å². The molecule has 0 fully saturated rings. The Labute approximate surface area is 87.1 Å². The van der Waals surface area contributed by atoms with E-state index < -0.39 is 4.92 Å². The number of nitro benzene ring substituents is 1. The van der Waals surface area contributed by atoms with Gasteiger partial charge in [-0.3, -0.25) is 10.1 Å². The smallest absolute Gasteiger partial charge is 0.290 e. The average Bonchev–Trinajstić information content (AvgIpc) is 2.16. The third-order valence-electron chi connectivity index (χ3n) is 1.68. The molecule has 0 amide bonds. The van der Waals surface area contributed by atoms with Crippen LogP contribution in [0.1, 0.15) is 19.4 Å². The van der Waals surface area contributed by atoms with E-state index in [4.69, 9.17) is 10.00 Å². The van der Waals surface area contributed by atoms with E-state index in [0.29, 0.717) is 0 Å². The molecule has 5 heteroatoms. The van der Waals surface area contributed by atoms with Crippen LogP contribution in [-0.2, 0) is 0 Å². The Morgan fingerprint density at radius 1 is 1.53 bits per heavy atom. The van der Waals surface area contributed by atoms with E-state index in [-0.39, 0.29) is 23.1 Å². The van der Waals surface area contributed by atoms with Crippen molar-refractivity contribution in [1.82, 2.24) is 0 Å². The fraction of sp³-hybridized carbons (Fsp3) is 0.300. The van der Waals surface area contributed by atoms with Gasteiger partial charge in [-0.05, 0) is 19.9 Å². The first-order chi connectivity index (χ1) is 7.06. The lowest BCUT2D eigenvalue weighted by molar-refractivity contribution is -0.385. The zero-order valence-electron chi connectivity index (χ0n) is 8.43. The molecule has 0 saturated heterocycles. The summed E-state index contributed by atoms with van der Waals surface area (Å²) in [5.41, 5.74) is -0.258. The normalized spacial score (nSPS) is 9.73. The predicted molar refractivity (Wildman–Crippen MR) is 53.6 cm³/mol. The van der Waals surface area contributed by atoms with Crippen molar-refractivity contribution in [3.63, 3.8) is 0 Å². The summed E-state index contributed by atoms with van der Waals surface area (Å²) < 4.78 is 5.30. The monoisotopic (exact) mass is 206 g/mol. The third-order valence-corrected chi connectivity index (χ3v) is 1.68. The first kappa shape index (κ1) is 11.0. The van der Waals surface area contributed by atoms with Crippen molar-refractivity contribution < 1.29 is 9.66 Å². The number of nitrogens with zero attached hydrogens (tertiary/aromatic N) is 2. The van der Waals surface area contributed by atoms with Crippen LogP contribution >= 0.6 is 0 Å². The van der Waals surface area contributed by atoms with Gasteiger partial charge in [-0.25, -0.2) is 0 Å². The van der Waals surface area contributed by atoms with Gasteiger partial charge < -0.3 is 4.74 Å². The summed E-state index contributed by atoms with van der Waals surface area (Å²) in [5, 5.41) is 19.4. The molecular formula is C10H10N2O3. The summed E-state index contributed by atoms with van der Waals surface area (Å²) in [5.74, 6) is 0.252. The molecule has 1 aromatic carbocycles. The minimum atomic E-state index is -0.592. The minimum Gasteiger partial charge on any atom is -0.489 e. The summed E-state index contributed by atoms with van der Waals surface area (Å²) in [6.07, 6.45) is -0.126. The lowest BCUT2D eigenvalue weighted by Crippen LogP contribution is -2.07. The molecule has 0 bridgehead atoms. The van der Waals surface area contributed by atoms with Crippen molar-refractivity contribution in [3.05, 3.63) is 33.9 Å². The van der Waals surface area contributed by atoms with Crippen LogP contribution in [0.25, 0.3) is 0 Å². The van der Waals surface area contributed by atoms with E-state index in [2.05, 4.69) is 0 Å². The Morgan fingerprint density at radius 2 is 2.20 bits per heavy atom. The van der Waals surface area contributed by atoms with Gasteiger partial charge in [-0.1, -0.05) is 6.07 Å². The molecule has 0 radical (unpaired) electrons. The number of hydrogen-bond acceptors (Lipinski definition) is 4. The highest BCUT2D eigenvalue weighted by atomic mass is 16.6. The van der Waals surface area contributed by atoms with Crippen LogP contribution in [0.2, 0.25) is 0 Å². The molecule has 78 valence electrons. The highest BCUT2D eigenvalue weighted by Gasteiger charge is 2.18. The van der Waals surface area contributed by atoms with E-state index in [0.717, 1.165) is 0 Å². The molecule has 5 nitrogen and oxygen atoms in total. The molecule has 1 rings (SSSR count). The number of nitro groups is 1. The van der Waals surface area contributed by atoms with E-state index in [1.807, 2.05) is 0 Å². The quantitative estimate of drug-likeness (QED) is 0.561. The highest BCUT2D eigenvalue weighted by molar-refractivity contribution is 5.56. The first-order valence-electron chi connectivity index (χ1n) is 4.40. The number of hydrogen-bond donors (Lipinski definition) is 0. The standard InChI is InChI=1S/C10H10N2O3/c1-7(2)15-10-5-3-4-9(12(13)14)8(10)6-11/h3-5,7H,1-2H3. The molecule has 0 spiro atoms. The van der Waals surface area contributed by atoms with Gasteiger partial charge in [0.1, 0.15) is 11.8 Å². The number of rotatable bonds is 3. The molecular weight excluding hydrogens is 196 g/mol. The number of benzene rings is 1. The lowest BCUT2D eigenvalue weighted by Gasteiger charge is -2.10. The van der Waals surface area contributed by atoms with Crippen molar-refractivity contribution in [2.75, 3.05) is 0 Å². The summed E-state index contributed by atoms with van der Waals surface area (Å²) in [7, 11) is 0. The van der Waals surface area contributed by atoms with Gasteiger partial charge in [-0.15, -0.1) is 0 Å². The van der Waals surface area contributed by atoms with Crippen LogP contribution in [0.15, 0.2) is 18.2 Å². The van der Waals surface area contributed by atoms with Gasteiger partial charge in [0.05, 0.1) is 11.0 Å². The molecule has 1 aromatic rings. The van der Waals surface area contributed by atoms with E-state index in [1.165, 1.54) is 12.1 Å². The maximum Gasteiger partial charge on any atom is 0.290 e. The topological polar surface area (TPSA) is 76.2 Å². The molecule has 0 saturated carbocycles. The van der Waals surface area contributed by atoms with Crippen molar-refractivity contribution >= 4 is 5.69 Å². The fourth-order valence-corrected chi connectivity index (χ4v) is 1.14. The van der Waals surface area contributed by atoms with E-state index in [1.54, 1.807) is 26.0 Å². The molecule has 0 unspecified atom stereocenters. The fourth-order valence-electron chi connectivity index (χ4n) is 1.14. The molecule has 0 atom stereocenters.